The Morgan fingerprint density at radius 1 is 1.15 bits per heavy atom. The number of nitrogens with one attached hydrogen (secondary N) is 1. The van der Waals surface area contributed by atoms with E-state index in [9.17, 15) is 0 Å². The lowest BCUT2D eigenvalue weighted by Crippen LogP contribution is -2.19. The second-order valence-corrected chi connectivity index (χ2v) is 6.54. The first-order valence-electron chi connectivity index (χ1n) is 6.38. The van der Waals surface area contributed by atoms with Crippen molar-refractivity contribution in [2.24, 2.45) is 0 Å². The SMILES string of the molecule is CNC(Cc1c(Cl)cccc1Cl)c1cc(C)cc(Br)c1. The molecule has 0 aromatic heterocycles. The number of likely N-dealkylation sites (N-methyl/N-ethyl adjacent to an activating group) is 1. The van der Waals surface area contributed by atoms with Crippen LogP contribution in [0, 0.1) is 6.92 Å². The van der Waals surface area contributed by atoms with E-state index < -0.39 is 0 Å². The predicted molar refractivity (Wildman–Crippen MR) is 90.8 cm³/mol. The van der Waals surface area contributed by atoms with Gasteiger partial charge in [-0.15, -0.1) is 0 Å². The van der Waals surface area contributed by atoms with E-state index in [4.69, 9.17) is 23.2 Å². The van der Waals surface area contributed by atoms with Gasteiger partial charge in [0, 0.05) is 20.6 Å². The van der Waals surface area contributed by atoms with Gasteiger partial charge in [-0.1, -0.05) is 51.3 Å². The lowest BCUT2D eigenvalue weighted by atomic mass is 9.97. The molecular formula is C16H16BrCl2N. The molecule has 1 N–H and O–H groups in total. The van der Waals surface area contributed by atoms with Crippen molar-refractivity contribution in [2.45, 2.75) is 19.4 Å². The first-order chi connectivity index (χ1) is 9.51. The van der Waals surface area contributed by atoms with Gasteiger partial charge in [-0.05, 0) is 61.3 Å². The Morgan fingerprint density at radius 3 is 2.35 bits per heavy atom. The molecule has 1 unspecified atom stereocenters. The summed E-state index contributed by atoms with van der Waals surface area (Å²) >= 11 is 16.1. The molecule has 106 valence electrons. The minimum Gasteiger partial charge on any atom is -0.313 e. The summed E-state index contributed by atoms with van der Waals surface area (Å²) in [5.74, 6) is 0. The van der Waals surface area contributed by atoms with Gasteiger partial charge in [-0.3, -0.25) is 0 Å². The third kappa shape index (κ3) is 3.76. The molecule has 1 atom stereocenters. The van der Waals surface area contributed by atoms with Crippen molar-refractivity contribution in [1.29, 1.82) is 0 Å². The van der Waals surface area contributed by atoms with Gasteiger partial charge in [0.05, 0.1) is 0 Å². The van der Waals surface area contributed by atoms with Gasteiger partial charge in [-0.25, -0.2) is 0 Å². The Hall–Kier alpha value is -0.540. The third-order valence-electron chi connectivity index (χ3n) is 3.29. The largest absolute Gasteiger partial charge is 0.313 e. The fourth-order valence-corrected chi connectivity index (χ4v) is 3.46. The standard InChI is InChI=1S/C16H16BrCl2N/c1-10-6-11(8-12(17)7-10)16(20-2)9-13-14(18)4-3-5-15(13)19/h3-8,16,20H,9H2,1-2H3. The molecule has 1 nitrogen and oxygen atoms in total. The monoisotopic (exact) mass is 371 g/mol. The van der Waals surface area contributed by atoms with Crippen LogP contribution in [0.25, 0.3) is 0 Å². The number of benzene rings is 2. The third-order valence-corrected chi connectivity index (χ3v) is 4.45. The molecule has 2 aromatic carbocycles. The van der Waals surface area contributed by atoms with Crippen LogP contribution in [-0.4, -0.2) is 7.05 Å². The molecule has 4 heteroatoms. The quantitative estimate of drug-likeness (QED) is 0.739. The lowest BCUT2D eigenvalue weighted by molar-refractivity contribution is 0.591. The summed E-state index contributed by atoms with van der Waals surface area (Å²) in [7, 11) is 1.95. The zero-order chi connectivity index (χ0) is 14.7. The van der Waals surface area contributed by atoms with E-state index in [1.807, 2.05) is 25.2 Å². The van der Waals surface area contributed by atoms with Crippen molar-refractivity contribution in [1.82, 2.24) is 5.32 Å². The van der Waals surface area contributed by atoms with E-state index in [0.29, 0.717) is 10.0 Å². The van der Waals surface area contributed by atoms with Gasteiger partial charge in [0.1, 0.15) is 0 Å². The van der Waals surface area contributed by atoms with E-state index in [-0.39, 0.29) is 6.04 Å². The number of hydrogen-bond donors (Lipinski definition) is 1. The molecule has 0 heterocycles. The lowest BCUT2D eigenvalue weighted by Gasteiger charge is -2.19. The molecule has 20 heavy (non-hydrogen) atoms. The van der Waals surface area contributed by atoms with Crippen molar-refractivity contribution >= 4 is 39.1 Å². The fourth-order valence-electron chi connectivity index (χ4n) is 2.28. The molecular weight excluding hydrogens is 357 g/mol. The zero-order valence-electron chi connectivity index (χ0n) is 11.4. The predicted octanol–water partition coefficient (Wildman–Crippen LogP) is 5.57. The van der Waals surface area contributed by atoms with E-state index >= 15 is 0 Å². The summed E-state index contributed by atoms with van der Waals surface area (Å²) in [6.07, 6.45) is 0.755. The molecule has 2 rings (SSSR count). The van der Waals surface area contributed by atoms with Gasteiger partial charge < -0.3 is 5.32 Å². The van der Waals surface area contributed by atoms with Crippen molar-refractivity contribution in [3.63, 3.8) is 0 Å². The summed E-state index contributed by atoms with van der Waals surface area (Å²) < 4.78 is 1.08. The second kappa shape index (κ2) is 6.95. The molecule has 0 spiro atoms. The van der Waals surface area contributed by atoms with Crippen LogP contribution < -0.4 is 5.32 Å². The van der Waals surface area contributed by atoms with Crippen molar-refractivity contribution < 1.29 is 0 Å². The highest BCUT2D eigenvalue weighted by molar-refractivity contribution is 9.10. The Balaban J connectivity index is 2.33. The van der Waals surface area contributed by atoms with Crippen LogP contribution in [0.1, 0.15) is 22.7 Å². The van der Waals surface area contributed by atoms with E-state index in [1.54, 1.807) is 0 Å². The molecule has 0 fully saturated rings. The fraction of sp³-hybridized carbons (Fsp3) is 0.250. The number of halogens is 3. The first kappa shape index (κ1) is 15.8. The smallest absolute Gasteiger partial charge is 0.0453 e. The van der Waals surface area contributed by atoms with Gasteiger partial charge in [0.15, 0.2) is 0 Å². The van der Waals surface area contributed by atoms with Gasteiger partial charge in [-0.2, -0.15) is 0 Å². The maximum Gasteiger partial charge on any atom is 0.0453 e. The average Bonchev–Trinajstić information content (AvgIpc) is 2.37. The molecule has 0 saturated carbocycles. The first-order valence-corrected chi connectivity index (χ1v) is 7.93. The maximum atomic E-state index is 6.26. The Labute approximate surface area is 138 Å². The van der Waals surface area contributed by atoms with Crippen LogP contribution in [0.15, 0.2) is 40.9 Å². The van der Waals surface area contributed by atoms with Crippen LogP contribution in [-0.2, 0) is 6.42 Å². The van der Waals surface area contributed by atoms with Crippen LogP contribution >= 0.6 is 39.1 Å². The highest BCUT2D eigenvalue weighted by Crippen LogP contribution is 2.30. The van der Waals surface area contributed by atoms with Crippen molar-refractivity contribution in [3.05, 3.63) is 67.6 Å². The van der Waals surface area contributed by atoms with E-state index in [2.05, 4.69) is 46.4 Å². The van der Waals surface area contributed by atoms with Crippen molar-refractivity contribution in [2.75, 3.05) is 7.05 Å². The molecule has 0 amide bonds. The van der Waals surface area contributed by atoms with Gasteiger partial charge in [0.25, 0.3) is 0 Å². The molecule has 0 aliphatic carbocycles. The Kier molecular flexibility index (Phi) is 5.50. The molecule has 0 saturated heterocycles. The summed E-state index contributed by atoms with van der Waals surface area (Å²) in [5, 5.41) is 4.76. The molecule has 0 radical (unpaired) electrons. The minimum absolute atomic E-state index is 0.170. The number of rotatable bonds is 4. The molecule has 0 bridgehead atoms. The number of hydrogen-bond acceptors (Lipinski definition) is 1. The number of aryl methyl sites for hydroxylation is 1. The van der Waals surface area contributed by atoms with Crippen LogP contribution in [0.3, 0.4) is 0 Å². The topological polar surface area (TPSA) is 12.0 Å². The maximum absolute atomic E-state index is 6.26. The Morgan fingerprint density at radius 2 is 1.80 bits per heavy atom. The van der Waals surface area contributed by atoms with Crippen LogP contribution in [0.2, 0.25) is 10.0 Å². The summed E-state index contributed by atoms with van der Waals surface area (Å²) in [5.41, 5.74) is 3.42. The minimum atomic E-state index is 0.170. The molecule has 2 aromatic rings. The normalized spacial score (nSPS) is 12.4. The van der Waals surface area contributed by atoms with Crippen molar-refractivity contribution in [3.8, 4) is 0 Å². The highest BCUT2D eigenvalue weighted by atomic mass is 79.9. The van der Waals surface area contributed by atoms with Crippen LogP contribution in [0.4, 0.5) is 0 Å². The summed E-state index contributed by atoms with van der Waals surface area (Å²) in [6.45, 7) is 2.09. The zero-order valence-corrected chi connectivity index (χ0v) is 14.5. The van der Waals surface area contributed by atoms with E-state index in [0.717, 1.165) is 16.5 Å². The van der Waals surface area contributed by atoms with E-state index in [1.165, 1.54) is 11.1 Å². The Bertz CT molecular complexity index is 573. The van der Waals surface area contributed by atoms with Gasteiger partial charge in [0.2, 0.25) is 0 Å². The van der Waals surface area contributed by atoms with Crippen LogP contribution in [0.5, 0.6) is 0 Å². The second-order valence-electron chi connectivity index (χ2n) is 4.81. The highest BCUT2D eigenvalue weighted by Gasteiger charge is 2.15. The molecule has 0 aliphatic rings. The summed E-state index contributed by atoms with van der Waals surface area (Å²) in [6, 6.07) is 12.2. The average molecular weight is 373 g/mol. The molecule has 0 aliphatic heterocycles. The van der Waals surface area contributed by atoms with Gasteiger partial charge >= 0.3 is 0 Å². The summed E-state index contributed by atoms with van der Waals surface area (Å²) in [4.78, 5) is 0.